The van der Waals surface area contributed by atoms with Crippen molar-refractivity contribution in [3.8, 4) is 0 Å². The van der Waals surface area contributed by atoms with Gasteiger partial charge in [-0.25, -0.2) is 0 Å². The topological polar surface area (TPSA) is 12.0 Å². The summed E-state index contributed by atoms with van der Waals surface area (Å²) in [7, 11) is 2.17. The van der Waals surface area contributed by atoms with Crippen LogP contribution in [0.25, 0.3) is 0 Å². The predicted molar refractivity (Wildman–Crippen MR) is 86.5 cm³/mol. The van der Waals surface area contributed by atoms with E-state index in [0.717, 1.165) is 23.8 Å². The fourth-order valence-electron chi connectivity index (χ4n) is 4.08. The molecule has 1 aliphatic rings. The number of hydrogen-bond donors (Lipinski definition) is 1. The number of rotatable bonds is 9. The van der Waals surface area contributed by atoms with Gasteiger partial charge in [-0.1, -0.05) is 59.3 Å². The average Bonchev–Trinajstić information content (AvgIpc) is 2.44. The van der Waals surface area contributed by atoms with Crippen LogP contribution in [0.2, 0.25) is 0 Å². The molecule has 1 rings (SSSR count). The molecule has 1 N–H and O–H groups in total. The first-order chi connectivity index (χ1) is 9.24. The molecule has 0 bridgehead atoms. The molecule has 1 heteroatoms. The molecule has 0 aromatic carbocycles. The van der Waals surface area contributed by atoms with Gasteiger partial charge in [-0.05, 0) is 50.5 Å². The number of unbranched alkanes of at least 4 members (excludes halogenated alkanes) is 1. The third-order valence-corrected chi connectivity index (χ3v) is 5.34. The fourth-order valence-corrected chi connectivity index (χ4v) is 4.08. The molecule has 0 amide bonds. The molecule has 19 heavy (non-hydrogen) atoms. The molecule has 0 radical (unpaired) electrons. The van der Waals surface area contributed by atoms with Gasteiger partial charge in [-0.3, -0.25) is 0 Å². The maximum absolute atomic E-state index is 3.60. The molecule has 0 saturated heterocycles. The van der Waals surface area contributed by atoms with Crippen LogP contribution in [0.4, 0.5) is 0 Å². The second-order valence-electron chi connectivity index (χ2n) is 6.78. The Morgan fingerprint density at radius 3 is 2.47 bits per heavy atom. The quantitative estimate of drug-likeness (QED) is 0.590. The molecule has 0 aromatic heterocycles. The van der Waals surface area contributed by atoms with Crippen LogP contribution in [0.3, 0.4) is 0 Å². The Morgan fingerprint density at radius 1 is 1.11 bits per heavy atom. The molecule has 1 aliphatic carbocycles. The van der Waals surface area contributed by atoms with Gasteiger partial charge >= 0.3 is 0 Å². The van der Waals surface area contributed by atoms with E-state index in [4.69, 9.17) is 0 Å². The van der Waals surface area contributed by atoms with E-state index < -0.39 is 0 Å². The summed E-state index contributed by atoms with van der Waals surface area (Å²) >= 11 is 0. The van der Waals surface area contributed by atoms with Gasteiger partial charge in [0.15, 0.2) is 0 Å². The molecule has 4 atom stereocenters. The molecule has 114 valence electrons. The zero-order valence-electron chi connectivity index (χ0n) is 13.9. The van der Waals surface area contributed by atoms with Crippen molar-refractivity contribution in [1.29, 1.82) is 0 Å². The second-order valence-corrected chi connectivity index (χ2v) is 6.78. The summed E-state index contributed by atoms with van der Waals surface area (Å²) in [6.45, 7) is 7.05. The summed E-state index contributed by atoms with van der Waals surface area (Å²) < 4.78 is 0. The van der Waals surface area contributed by atoms with E-state index in [1.54, 1.807) is 0 Å². The molecule has 0 aromatic rings. The first kappa shape index (κ1) is 17.0. The van der Waals surface area contributed by atoms with Crippen molar-refractivity contribution in [2.45, 2.75) is 91.0 Å². The Hall–Kier alpha value is -0.0400. The molecule has 0 aliphatic heterocycles. The van der Waals surface area contributed by atoms with Gasteiger partial charge in [-0.15, -0.1) is 0 Å². The third-order valence-electron chi connectivity index (χ3n) is 5.34. The molecule has 0 spiro atoms. The van der Waals surface area contributed by atoms with Gasteiger partial charge in [-0.2, -0.15) is 0 Å². The third kappa shape index (κ3) is 5.85. The molecular weight excluding hydrogens is 230 g/mol. The summed E-state index contributed by atoms with van der Waals surface area (Å²) in [5.74, 6) is 2.93. The van der Waals surface area contributed by atoms with Gasteiger partial charge < -0.3 is 5.32 Å². The van der Waals surface area contributed by atoms with Crippen LogP contribution < -0.4 is 5.32 Å². The summed E-state index contributed by atoms with van der Waals surface area (Å²) in [4.78, 5) is 0. The average molecular weight is 268 g/mol. The molecule has 1 saturated carbocycles. The van der Waals surface area contributed by atoms with E-state index in [0.29, 0.717) is 0 Å². The van der Waals surface area contributed by atoms with Crippen LogP contribution in [0.1, 0.15) is 85.0 Å². The van der Waals surface area contributed by atoms with Gasteiger partial charge in [0, 0.05) is 6.04 Å². The largest absolute Gasteiger partial charge is 0.317 e. The lowest BCUT2D eigenvalue weighted by molar-refractivity contribution is 0.167. The summed E-state index contributed by atoms with van der Waals surface area (Å²) in [5.41, 5.74) is 0. The highest BCUT2D eigenvalue weighted by atomic mass is 14.9. The lowest BCUT2D eigenvalue weighted by Crippen LogP contribution is -2.39. The summed E-state index contributed by atoms with van der Waals surface area (Å²) in [5, 5.41) is 3.60. The van der Waals surface area contributed by atoms with Gasteiger partial charge in [0.05, 0.1) is 0 Å². The van der Waals surface area contributed by atoms with Crippen molar-refractivity contribution < 1.29 is 0 Å². The normalized spacial score (nSPS) is 29.4. The standard InChI is InChI=1S/C18H37N/c1-5-8-10-15(7-3)13-17-14-16(9-6-2)11-12-18(17)19-4/h15-19H,5-14H2,1-4H3. The number of hydrogen-bond acceptors (Lipinski definition) is 1. The van der Waals surface area contributed by atoms with Crippen molar-refractivity contribution in [2.24, 2.45) is 17.8 Å². The van der Waals surface area contributed by atoms with Crippen molar-refractivity contribution in [3.63, 3.8) is 0 Å². The predicted octanol–water partition coefficient (Wildman–Crippen LogP) is 5.40. The van der Waals surface area contributed by atoms with E-state index in [1.807, 2.05) is 0 Å². The van der Waals surface area contributed by atoms with Gasteiger partial charge in [0.1, 0.15) is 0 Å². The van der Waals surface area contributed by atoms with Crippen molar-refractivity contribution in [3.05, 3.63) is 0 Å². The van der Waals surface area contributed by atoms with Gasteiger partial charge in [0.2, 0.25) is 0 Å². The maximum Gasteiger partial charge on any atom is 0.00926 e. The van der Waals surface area contributed by atoms with E-state index in [-0.39, 0.29) is 0 Å². The first-order valence-corrected chi connectivity index (χ1v) is 8.92. The Balaban J connectivity index is 2.48. The Labute approximate surface area is 121 Å². The lowest BCUT2D eigenvalue weighted by atomic mass is 9.72. The highest BCUT2D eigenvalue weighted by Crippen LogP contribution is 2.37. The van der Waals surface area contributed by atoms with Crippen LogP contribution in [0, 0.1) is 17.8 Å². The Morgan fingerprint density at radius 2 is 1.89 bits per heavy atom. The van der Waals surface area contributed by atoms with E-state index >= 15 is 0 Å². The zero-order chi connectivity index (χ0) is 14.1. The van der Waals surface area contributed by atoms with E-state index in [9.17, 15) is 0 Å². The van der Waals surface area contributed by atoms with Crippen LogP contribution in [0.5, 0.6) is 0 Å². The highest BCUT2D eigenvalue weighted by molar-refractivity contribution is 4.85. The van der Waals surface area contributed by atoms with E-state index in [2.05, 4.69) is 33.1 Å². The molecule has 4 unspecified atom stereocenters. The van der Waals surface area contributed by atoms with Crippen LogP contribution in [-0.4, -0.2) is 13.1 Å². The summed E-state index contributed by atoms with van der Waals surface area (Å²) in [6, 6.07) is 0.795. The number of nitrogens with one attached hydrogen (secondary N) is 1. The smallest absolute Gasteiger partial charge is 0.00926 e. The monoisotopic (exact) mass is 267 g/mol. The maximum atomic E-state index is 3.60. The highest BCUT2D eigenvalue weighted by Gasteiger charge is 2.30. The minimum absolute atomic E-state index is 0.795. The minimum atomic E-state index is 0.795. The lowest BCUT2D eigenvalue weighted by Gasteiger charge is -2.38. The van der Waals surface area contributed by atoms with Crippen molar-refractivity contribution in [2.75, 3.05) is 7.05 Å². The second kappa shape index (κ2) is 9.80. The van der Waals surface area contributed by atoms with Crippen LogP contribution in [0.15, 0.2) is 0 Å². The van der Waals surface area contributed by atoms with Crippen molar-refractivity contribution >= 4 is 0 Å². The fraction of sp³-hybridized carbons (Fsp3) is 1.00. The molecule has 0 heterocycles. The minimum Gasteiger partial charge on any atom is -0.317 e. The van der Waals surface area contributed by atoms with Crippen LogP contribution >= 0.6 is 0 Å². The first-order valence-electron chi connectivity index (χ1n) is 8.92. The Bertz CT molecular complexity index is 214. The van der Waals surface area contributed by atoms with E-state index in [1.165, 1.54) is 64.2 Å². The Kier molecular flexibility index (Phi) is 8.77. The van der Waals surface area contributed by atoms with Crippen molar-refractivity contribution in [1.82, 2.24) is 5.32 Å². The molecule has 1 nitrogen and oxygen atoms in total. The molecule has 1 fully saturated rings. The van der Waals surface area contributed by atoms with Gasteiger partial charge in [0.25, 0.3) is 0 Å². The van der Waals surface area contributed by atoms with Crippen LogP contribution in [-0.2, 0) is 0 Å². The summed E-state index contributed by atoms with van der Waals surface area (Å²) in [6.07, 6.45) is 14.3. The SMILES string of the molecule is CCCCC(CC)CC1CC(CCC)CCC1NC. The molecular formula is C18H37N. The zero-order valence-corrected chi connectivity index (χ0v) is 13.9.